The van der Waals surface area contributed by atoms with Crippen molar-refractivity contribution in [1.29, 1.82) is 0 Å². The van der Waals surface area contributed by atoms with Gasteiger partial charge in [-0.05, 0) is 48.6 Å². The van der Waals surface area contributed by atoms with E-state index in [9.17, 15) is 4.79 Å². The molecule has 19 heavy (non-hydrogen) atoms. The molecule has 1 aromatic carbocycles. The molecule has 0 aliphatic carbocycles. The molecule has 0 radical (unpaired) electrons. The maximum atomic E-state index is 11.9. The van der Waals surface area contributed by atoms with Crippen molar-refractivity contribution in [1.82, 2.24) is 5.32 Å². The highest BCUT2D eigenvalue weighted by Crippen LogP contribution is 2.24. The third-order valence-corrected chi connectivity index (χ3v) is 4.07. The van der Waals surface area contributed by atoms with E-state index in [-0.39, 0.29) is 6.03 Å². The molecule has 0 bridgehead atoms. The largest absolute Gasteiger partial charge is 0.333 e. The summed E-state index contributed by atoms with van der Waals surface area (Å²) < 4.78 is 1.02. The zero-order chi connectivity index (χ0) is 13.8. The lowest BCUT2D eigenvalue weighted by molar-refractivity contribution is 0.252. The maximum Gasteiger partial charge on any atom is 0.319 e. The molecule has 2 amide bonds. The average molecular weight is 339 g/mol. The molecule has 0 aliphatic rings. The molecule has 2 rings (SSSR count). The first-order chi connectivity index (χ1) is 9.06. The van der Waals surface area contributed by atoms with Gasteiger partial charge in [0.05, 0.1) is 6.54 Å². The van der Waals surface area contributed by atoms with Gasteiger partial charge >= 0.3 is 6.03 Å². The van der Waals surface area contributed by atoms with E-state index in [1.807, 2.05) is 43.5 Å². The van der Waals surface area contributed by atoms with Crippen LogP contribution < -0.4 is 10.6 Å². The van der Waals surface area contributed by atoms with E-state index in [0.29, 0.717) is 6.54 Å². The van der Waals surface area contributed by atoms with Crippen molar-refractivity contribution < 1.29 is 4.79 Å². The Kier molecular flexibility index (Phi) is 4.61. The van der Waals surface area contributed by atoms with Crippen LogP contribution in [0.25, 0.3) is 0 Å². The van der Waals surface area contributed by atoms with Gasteiger partial charge in [0, 0.05) is 15.0 Å². The van der Waals surface area contributed by atoms with Crippen LogP contribution in [0.2, 0.25) is 0 Å². The monoisotopic (exact) mass is 338 g/mol. The van der Waals surface area contributed by atoms with Crippen LogP contribution in [0.5, 0.6) is 0 Å². The van der Waals surface area contributed by atoms with Gasteiger partial charge in [-0.1, -0.05) is 22.0 Å². The van der Waals surface area contributed by atoms with Gasteiger partial charge in [0.25, 0.3) is 0 Å². The van der Waals surface area contributed by atoms with Crippen LogP contribution >= 0.6 is 27.3 Å². The molecule has 0 spiro atoms. The second-order valence-corrected chi connectivity index (χ2v) is 6.25. The number of hydrogen-bond donors (Lipinski definition) is 2. The normalized spacial score (nSPS) is 10.3. The maximum absolute atomic E-state index is 11.9. The summed E-state index contributed by atoms with van der Waals surface area (Å²) in [6, 6.07) is 7.77. The highest BCUT2D eigenvalue weighted by atomic mass is 79.9. The van der Waals surface area contributed by atoms with Crippen molar-refractivity contribution in [2.24, 2.45) is 0 Å². The Morgan fingerprint density at radius 2 is 2.00 bits per heavy atom. The number of nitrogens with one attached hydrogen (secondary N) is 2. The minimum absolute atomic E-state index is 0.179. The Hall–Kier alpha value is -1.33. The van der Waals surface area contributed by atoms with Crippen molar-refractivity contribution in [2.45, 2.75) is 20.4 Å². The van der Waals surface area contributed by atoms with Crippen LogP contribution in [0, 0.1) is 13.8 Å². The number of rotatable bonds is 3. The van der Waals surface area contributed by atoms with E-state index in [2.05, 4.69) is 26.6 Å². The number of anilines is 1. The number of carbonyl (C=O) groups is 1. The fourth-order valence-corrected chi connectivity index (χ4v) is 3.18. The standard InChI is InChI=1S/C14H15BrN2OS/c1-9-6-11(15)7-10(2)13(9)17-14(18)16-8-12-4-3-5-19-12/h3-7H,8H2,1-2H3,(H2,16,17,18). The number of halogens is 1. The van der Waals surface area contributed by atoms with Gasteiger partial charge in [-0.15, -0.1) is 11.3 Å². The van der Waals surface area contributed by atoms with Crippen molar-refractivity contribution in [3.8, 4) is 0 Å². The number of aryl methyl sites for hydroxylation is 2. The topological polar surface area (TPSA) is 41.1 Å². The lowest BCUT2D eigenvalue weighted by atomic mass is 10.1. The zero-order valence-electron chi connectivity index (χ0n) is 10.8. The molecule has 1 aromatic heterocycles. The van der Waals surface area contributed by atoms with Gasteiger partial charge in [-0.2, -0.15) is 0 Å². The predicted octanol–water partition coefficient (Wildman–Crippen LogP) is 4.45. The summed E-state index contributed by atoms with van der Waals surface area (Å²) in [5.41, 5.74) is 2.95. The molecule has 2 N–H and O–H groups in total. The van der Waals surface area contributed by atoms with E-state index in [1.165, 1.54) is 0 Å². The quantitative estimate of drug-likeness (QED) is 0.852. The number of thiophene rings is 1. The molecule has 0 saturated carbocycles. The molecule has 0 fully saturated rings. The Labute approximate surface area is 125 Å². The van der Waals surface area contributed by atoms with E-state index in [4.69, 9.17) is 0 Å². The van der Waals surface area contributed by atoms with E-state index in [0.717, 1.165) is 26.2 Å². The summed E-state index contributed by atoms with van der Waals surface area (Å²) in [4.78, 5) is 13.0. The van der Waals surface area contributed by atoms with Crippen LogP contribution in [0.1, 0.15) is 16.0 Å². The average Bonchev–Trinajstić information content (AvgIpc) is 2.84. The van der Waals surface area contributed by atoms with Crippen LogP contribution in [-0.4, -0.2) is 6.03 Å². The number of amides is 2. The number of urea groups is 1. The van der Waals surface area contributed by atoms with E-state index < -0.39 is 0 Å². The first-order valence-corrected chi connectivity index (χ1v) is 7.57. The Bertz CT molecular complexity index is 558. The van der Waals surface area contributed by atoms with Crippen LogP contribution in [-0.2, 0) is 6.54 Å². The van der Waals surface area contributed by atoms with Crippen molar-refractivity contribution in [3.63, 3.8) is 0 Å². The first-order valence-electron chi connectivity index (χ1n) is 5.90. The molecule has 0 aliphatic heterocycles. The highest BCUT2D eigenvalue weighted by molar-refractivity contribution is 9.10. The van der Waals surface area contributed by atoms with Crippen LogP contribution in [0.4, 0.5) is 10.5 Å². The van der Waals surface area contributed by atoms with E-state index >= 15 is 0 Å². The fourth-order valence-electron chi connectivity index (χ4n) is 1.85. The number of benzene rings is 1. The SMILES string of the molecule is Cc1cc(Br)cc(C)c1NC(=O)NCc1cccs1. The summed E-state index contributed by atoms with van der Waals surface area (Å²) >= 11 is 5.07. The molecule has 1 heterocycles. The molecule has 100 valence electrons. The number of hydrogen-bond acceptors (Lipinski definition) is 2. The smallest absolute Gasteiger partial charge is 0.319 e. The van der Waals surface area contributed by atoms with Gasteiger partial charge < -0.3 is 10.6 Å². The van der Waals surface area contributed by atoms with Crippen molar-refractivity contribution in [2.75, 3.05) is 5.32 Å². The van der Waals surface area contributed by atoms with E-state index in [1.54, 1.807) is 11.3 Å². The molecule has 0 unspecified atom stereocenters. The third kappa shape index (κ3) is 3.81. The summed E-state index contributed by atoms with van der Waals surface area (Å²) in [7, 11) is 0. The predicted molar refractivity (Wildman–Crippen MR) is 83.8 cm³/mol. The number of carbonyl (C=O) groups excluding carboxylic acids is 1. The molecule has 3 nitrogen and oxygen atoms in total. The Morgan fingerprint density at radius 3 is 2.58 bits per heavy atom. The zero-order valence-corrected chi connectivity index (χ0v) is 13.2. The molecule has 2 aromatic rings. The van der Waals surface area contributed by atoms with Gasteiger partial charge in [-0.25, -0.2) is 4.79 Å². The van der Waals surface area contributed by atoms with Crippen LogP contribution in [0.3, 0.4) is 0 Å². The molecule has 5 heteroatoms. The summed E-state index contributed by atoms with van der Waals surface area (Å²) in [6.45, 7) is 4.51. The van der Waals surface area contributed by atoms with Crippen molar-refractivity contribution in [3.05, 3.63) is 50.1 Å². The summed E-state index contributed by atoms with van der Waals surface area (Å²) in [6.07, 6.45) is 0. The Balaban J connectivity index is 1.99. The second-order valence-electron chi connectivity index (χ2n) is 4.30. The van der Waals surface area contributed by atoms with Gasteiger partial charge in [-0.3, -0.25) is 0 Å². The van der Waals surface area contributed by atoms with Crippen LogP contribution in [0.15, 0.2) is 34.1 Å². The minimum atomic E-state index is -0.179. The van der Waals surface area contributed by atoms with Gasteiger partial charge in [0.2, 0.25) is 0 Å². The minimum Gasteiger partial charge on any atom is -0.333 e. The van der Waals surface area contributed by atoms with Gasteiger partial charge in [0.1, 0.15) is 0 Å². The summed E-state index contributed by atoms with van der Waals surface area (Å²) in [5.74, 6) is 0. The highest BCUT2D eigenvalue weighted by Gasteiger charge is 2.08. The second kappa shape index (κ2) is 6.21. The lowest BCUT2D eigenvalue weighted by Crippen LogP contribution is -2.28. The molecule has 0 saturated heterocycles. The van der Waals surface area contributed by atoms with Gasteiger partial charge in [0.15, 0.2) is 0 Å². The fraction of sp³-hybridized carbons (Fsp3) is 0.214. The molecular weight excluding hydrogens is 324 g/mol. The van der Waals surface area contributed by atoms with Crippen molar-refractivity contribution >= 4 is 39.0 Å². The molecular formula is C14H15BrN2OS. The third-order valence-electron chi connectivity index (χ3n) is 2.74. The molecule has 0 atom stereocenters. The lowest BCUT2D eigenvalue weighted by Gasteiger charge is -2.12. The first kappa shape index (κ1) is 14.1. The Morgan fingerprint density at radius 1 is 1.32 bits per heavy atom. The summed E-state index contributed by atoms with van der Waals surface area (Å²) in [5, 5.41) is 7.75.